The summed E-state index contributed by atoms with van der Waals surface area (Å²) in [6.45, 7) is 2.42. The van der Waals surface area contributed by atoms with Crippen LogP contribution in [0.4, 0.5) is 0 Å². The van der Waals surface area contributed by atoms with Gasteiger partial charge in [-0.25, -0.2) is 0 Å². The van der Waals surface area contributed by atoms with Crippen molar-refractivity contribution in [2.24, 2.45) is 0 Å². The molecule has 1 aromatic rings. The molecule has 0 N–H and O–H groups in total. The minimum atomic E-state index is 0.342. The van der Waals surface area contributed by atoms with Crippen molar-refractivity contribution >= 4 is 12.6 Å². The lowest BCUT2D eigenvalue weighted by Crippen LogP contribution is -1.96. The number of rotatable bonds is 2. The predicted molar refractivity (Wildman–Crippen MR) is 54.7 cm³/mol. The van der Waals surface area contributed by atoms with Crippen molar-refractivity contribution in [3.63, 3.8) is 0 Å². The SMILES string of the molecule is CC(S)Cc1ccc2c(c1)OCO2. The summed E-state index contributed by atoms with van der Waals surface area (Å²) < 4.78 is 10.5. The van der Waals surface area contributed by atoms with Crippen LogP contribution < -0.4 is 9.47 Å². The van der Waals surface area contributed by atoms with Crippen molar-refractivity contribution in [2.75, 3.05) is 6.79 Å². The molecule has 0 saturated carbocycles. The molecule has 70 valence electrons. The number of benzene rings is 1. The van der Waals surface area contributed by atoms with Crippen molar-refractivity contribution in [3.8, 4) is 11.5 Å². The van der Waals surface area contributed by atoms with E-state index < -0.39 is 0 Å². The molecule has 1 atom stereocenters. The zero-order valence-corrected chi connectivity index (χ0v) is 8.38. The van der Waals surface area contributed by atoms with Crippen LogP contribution in [0.25, 0.3) is 0 Å². The molecule has 0 spiro atoms. The minimum absolute atomic E-state index is 0.342. The Kier molecular flexibility index (Phi) is 2.36. The van der Waals surface area contributed by atoms with E-state index in [0.717, 1.165) is 17.9 Å². The Morgan fingerprint density at radius 1 is 1.38 bits per heavy atom. The van der Waals surface area contributed by atoms with Gasteiger partial charge in [0.1, 0.15) is 0 Å². The zero-order valence-electron chi connectivity index (χ0n) is 7.49. The standard InChI is InChI=1S/C10H12O2S/c1-7(13)4-8-2-3-9-10(5-8)12-6-11-9/h2-3,5,7,13H,4,6H2,1H3. The average Bonchev–Trinajstić information content (AvgIpc) is 2.49. The van der Waals surface area contributed by atoms with Crippen LogP contribution in [-0.2, 0) is 6.42 Å². The molecule has 1 aliphatic heterocycles. The molecule has 0 saturated heterocycles. The van der Waals surface area contributed by atoms with Gasteiger partial charge in [0.2, 0.25) is 6.79 Å². The number of thiol groups is 1. The van der Waals surface area contributed by atoms with Crippen LogP contribution in [0.5, 0.6) is 11.5 Å². The van der Waals surface area contributed by atoms with E-state index in [0.29, 0.717) is 12.0 Å². The molecular formula is C10H12O2S. The molecule has 2 rings (SSSR count). The molecule has 0 amide bonds. The van der Waals surface area contributed by atoms with E-state index in [1.165, 1.54) is 5.56 Å². The third-order valence-electron chi connectivity index (χ3n) is 1.97. The van der Waals surface area contributed by atoms with E-state index in [9.17, 15) is 0 Å². The third kappa shape index (κ3) is 1.91. The molecule has 0 bridgehead atoms. The Morgan fingerprint density at radius 3 is 2.92 bits per heavy atom. The van der Waals surface area contributed by atoms with E-state index >= 15 is 0 Å². The lowest BCUT2D eigenvalue weighted by Gasteiger charge is -2.04. The Labute approximate surface area is 83.3 Å². The highest BCUT2D eigenvalue weighted by Gasteiger charge is 2.13. The molecule has 0 fully saturated rings. The van der Waals surface area contributed by atoms with Crippen LogP contribution >= 0.6 is 12.6 Å². The highest BCUT2D eigenvalue weighted by Crippen LogP contribution is 2.32. The summed E-state index contributed by atoms with van der Waals surface area (Å²) in [5.74, 6) is 1.70. The fourth-order valence-electron chi connectivity index (χ4n) is 1.41. The number of ether oxygens (including phenoxy) is 2. The third-order valence-corrected chi connectivity index (χ3v) is 2.15. The lowest BCUT2D eigenvalue weighted by atomic mass is 10.1. The molecule has 0 radical (unpaired) electrons. The molecule has 13 heavy (non-hydrogen) atoms. The van der Waals surface area contributed by atoms with Gasteiger partial charge in [-0.15, -0.1) is 0 Å². The molecule has 1 aromatic carbocycles. The molecule has 3 heteroatoms. The normalized spacial score (nSPS) is 15.8. The highest BCUT2D eigenvalue weighted by molar-refractivity contribution is 7.80. The van der Waals surface area contributed by atoms with Gasteiger partial charge in [-0.05, 0) is 24.1 Å². The molecule has 1 unspecified atom stereocenters. The second kappa shape index (κ2) is 3.50. The van der Waals surface area contributed by atoms with Crippen LogP contribution in [0, 0.1) is 0 Å². The highest BCUT2D eigenvalue weighted by atomic mass is 32.1. The fourth-order valence-corrected chi connectivity index (χ4v) is 1.62. The first kappa shape index (κ1) is 8.75. The van der Waals surface area contributed by atoms with E-state index in [4.69, 9.17) is 9.47 Å². The van der Waals surface area contributed by atoms with Crippen molar-refractivity contribution in [1.82, 2.24) is 0 Å². The number of hydrogen-bond acceptors (Lipinski definition) is 3. The minimum Gasteiger partial charge on any atom is -0.454 e. The van der Waals surface area contributed by atoms with Crippen LogP contribution in [0.1, 0.15) is 12.5 Å². The fraction of sp³-hybridized carbons (Fsp3) is 0.400. The topological polar surface area (TPSA) is 18.5 Å². The summed E-state index contributed by atoms with van der Waals surface area (Å²) in [7, 11) is 0. The molecule has 0 aromatic heterocycles. The zero-order chi connectivity index (χ0) is 9.26. The summed E-state index contributed by atoms with van der Waals surface area (Å²) >= 11 is 4.34. The lowest BCUT2D eigenvalue weighted by molar-refractivity contribution is 0.174. The Morgan fingerprint density at radius 2 is 2.15 bits per heavy atom. The van der Waals surface area contributed by atoms with Crippen LogP contribution in [0.15, 0.2) is 18.2 Å². The van der Waals surface area contributed by atoms with Gasteiger partial charge in [0.25, 0.3) is 0 Å². The maximum absolute atomic E-state index is 5.27. The Balaban J connectivity index is 2.21. The van der Waals surface area contributed by atoms with Crippen LogP contribution in [-0.4, -0.2) is 12.0 Å². The van der Waals surface area contributed by atoms with Crippen molar-refractivity contribution < 1.29 is 9.47 Å². The molecule has 1 heterocycles. The maximum atomic E-state index is 5.27. The second-order valence-corrected chi connectivity index (χ2v) is 4.12. The molecule has 2 nitrogen and oxygen atoms in total. The van der Waals surface area contributed by atoms with Gasteiger partial charge < -0.3 is 9.47 Å². The molecule has 1 aliphatic rings. The van der Waals surface area contributed by atoms with Gasteiger partial charge in [0, 0.05) is 5.25 Å². The molecule has 0 aliphatic carbocycles. The summed E-state index contributed by atoms with van der Waals surface area (Å²) in [5.41, 5.74) is 1.24. The number of fused-ring (bicyclic) bond motifs is 1. The van der Waals surface area contributed by atoms with Crippen LogP contribution in [0.3, 0.4) is 0 Å². The van der Waals surface area contributed by atoms with E-state index in [-0.39, 0.29) is 0 Å². The van der Waals surface area contributed by atoms with Crippen molar-refractivity contribution in [2.45, 2.75) is 18.6 Å². The predicted octanol–water partition coefficient (Wildman–Crippen LogP) is 2.28. The van der Waals surface area contributed by atoms with Gasteiger partial charge >= 0.3 is 0 Å². The first-order chi connectivity index (χ1) is 6.25. The summed E-state index contributed by atoms with van der Waals surface area (Å²) in [4.78, 5) is 0. The van der Waals surface area contributed by atoms with E-state index in [2.05, 4.69) is 25.6 Å². The maximum Gasteiger partial charge on any atom is 0.231 e. The van der Waals surface area contributed by atoms with Gasteiger partial charge in [0.05, 0.1) is 0 Å². The van der Waals surface area contributed by atoms with E-state index in [1.807, 2.05) is 12.1 Å². The second-order valence-electron chi connectivity index (χ2n) is 3.24. The van der Waals surface area contributed by atoms with E-state index in [1.54, 1.807) is 0 Å². The first-order valence-electron chi connectivity index (χ1n) is 4.32. The Bertz CT molecular complexity index is 310. The Hall–Kier alpha value is -0.830. The summed E-state index contributed by atoms with van der Waals surface area (Å²) in [5, 5.41) is 0.375. The molecular weight excluding hydrogens is 184 g/mol. The van der Waals surface area contributed by atoms with Crippen molar-refractivity contribution in [1.29, 1.82) is 0 Å². The van der Waals surface area contributed by atoms with Crippen molar-refractivity contribution in [3.05, 3.63) is 23.8 Å². The quantitative estimate of drug-likeness (QED) is 0.731. The average molecular weight is 196 g/mol. The largest absolute Gasteiger partial charge is 0.454 e. The summed E-state index contributed by atoms with van der Waals surface area (Å²) in [6.07, 6.45) is 0.958. The smallest absolute Gasteiger partial charge is 0.231 e. The van der Waals surface area contributed by atoms with Crippen LogP contribution in [0.2, 0.25) is 0 Å². The van der Waals surface area contributed by atoms with Gasteiger partial charge in [-0.1, -0.05) is 13.0 Å². The first-order valence-corrected chi connectivity index (χ1v) is 4.84. The monoisotopic (exact) mass is 196 g/mol. The van der Waals surface area contributed by atoms with Gasteiger partial charge in [-0.2, -0.15) is 12.6 Å². The van der Waals surface area contributed by atoms with Gasteiger partial charge in [-0.3, -0.25) is 0 Å². The van der Waals surface area contributed by atoms with Gasteiger partial charge in [0.15, 0.2) is 11.5 Å². The number of hydrogen-bond donors (Lipinski definition) is 1. The summed E-state index contributed by atoms with van der Waals surface area (Å²) in [6, 6.07) is 6.03.